The number of ether oxygens (including phenoxy) is 2. The van der Waals surface area contributed by atoms with E-state index < -0.39 is 0 Å². The normalized spacial score (nSPS) is 17.0. The second-order valence-corrected chi connectivity index (χ2v) is 5.22. The lowest BCUT2D eigenvalue weighted by molar-refractivity contribution is 0.0489. The topological polar surface area (TPSA) is 30.5 Å². The van der Waals surface area contributed by atoms with Crippen molar-refractivity contribution in [2.75, 3.05) is 33.5 Å². The molecule has 0 heterocycles. The Bertz CT molecular complexity index is 167. The molecule has 1 rings (SSSR count). The molecule has 1 N–H and O–H groups in total. The van der Waals surface area contributed by atoms with Crippen LogP contribution in [0.15, 0.2) is 0 Å². The largest absolute Gasteiger partial charge is 0.385 e. The molecule has 1 aliphatic rings. The van der Waals surface area contributed by atoms with Gasteiger partial charge in [-0.15, -0.1) is 0 Å². The van der Waals surface area contributed by atoms with Gasteiger partial charge in [0.2, 0.25) is 0 Å². The highest BCUT2D eigenvalue weighted by Gasteiger charge is 2.25. The van der Waals surface area contributed by atoms with E-state index >= 15 is 0 Å². The van der Waals surface area contributed by atoms with E-state index in [1.807, 2.05) is 0 Å². The summed E-state index contributed by atoms with van der Waals surface area (Å²) in [6.07, 6.45) is 3.69. The first-order valence-electron chi connectivity index (χ1n) is 5.94. The van der Waals surface area contributed by atoms with Gasteiger partial charge in [0, 0.05) is 38.3 Å². The molecule has 0 aromatic heterocycles. The van der Waals surface area contributed by atoms with Crippen molar-refractivity contribution in [1.29, 1.82) is 0 Å². The molecule has 1 aliphatic carbocycles. The van der Waals surface area contributed by atoms with Gasteiger partial charge in [-0.2, -0.15) is 0 Å². The smallest absolute Gasteiger partial charge is 0.0529 e. The van der Waals surface area contributed by atoms with Gasteiger partial charge in [0.1, 0.15) is 0 Å². The predicted molar refractivity (Wildman–Crippen MR) is 62.1 cm³/mol. The van der Waals surface area contributed by atoms with E-state index in [4.69, 9.17) is 9.47 Å². The number of hydrogen-bond donors (Lipinski definition) is 1. The summed E-state index contributed by atoms with van der Waals surface area (Å²) < 4.78 is 10.6. The molecule has 0 aromatic rings. The Morgan fingerprint density at radius 3 is 2.60 bits per heavy atom. The minimum absolute atomic E-state index is 0.246. The molecule has 0 bridgehead atoms. The van der Waals surface area contributed by atoms with Crippen LogP contribution in [-0.4, -0.2) is 39.5 Å². The van der Waals surface area contributed by atoms with Crippen molar-refractivity contribution in [3.63, 3.8) is 0 Å². The van der Waals surface area contributed by atoms with Crippen LogP contribution in [0, 0.1) is 5.41 Å². The van der Waals surface area contributed by atoms with Crippen molar-refractivity contribution in [1.82, 2.24) is 5.32 Å². The number of rotatable bonds is 9. The van der Waals surface area contributed by atoms with Crippen LogP contribution >= 0.6 is 0 Å². The SMILES string of the molecule is COCCCOCC(C)(C)CNC1CC1. The monoisotopic (exact) mass is 215 g/mol. The molecule has 0 unspecified atom stereocenters. The lowest BCUT2D eigenvalue weighted by Crippen LogP contribution is -2.34. The van der Waals surface area contributed by atoms with Crippen LogP contribution in [0.25, 0.3) is 0 Å². The molecule has 0 aromatic carbocycles. The minimum Gasteiger partial charge on any atom is -0.385 e. The van der Waals surface area contributed by atoms with E-state index in [-0.39, 0.29) is 5.41 Å². The maximum Gasteiger partial charge on any atom is 0.0529 e. The fourth-order valence-corrected chi connectivity index (χ4v) is 1.41. The molecule has 0 radical (unpaired) electrons. The Morgan fingerprint density at radius 2 is 2.00 bits per heavy atom. The maximum absolute atomic E-state index is 5.63. The number of hydrogen-bond acceptors (Lipinski definition) is 3. The molecule has 0 amide bonds. The lowest BCUT2D eigenvalue weighted by atomic mass is 9.95. The van der Waals surface area contributed by atoms with Crippen molar-refractivity contribution in [2.45, 2.75) is 39.2 Å². The van der Waals surface area contributed by atoms with Crippen molar-refractivity contribution < 1.29 is 9.47 Å². The van der Waals surface area contributed by atoms with Crippen molar-refractivity contribution in [3.8, 4) is 0 Å². The quantitative estimate of drug-likeness (QED) is 0.595. The van der Waals surface area contributed by atoms with Crippen LogP contribution < -0.4 is 5.32 Å². The van der Waals surface area contributed by atoms with Gasteiger partial charge in [0.15, 0.2) is 0 Å². The average molecular weight is 215 g/mol. The van der Waals surface area contributed by atoms with E-state index in [2.05, 4.69) is 19.2 Å². The molecule has 90 valence electrons. The zero-order valence-corrected chi connectivity index (χ0v) is 10.3. The molecule has 0 saturated heterocycles. The van der Waals surface area contributed by atoms with Crippen LogP contribution in [0.1, 0.15) is 33.1 Å². The lowest BCUT2D eigenvalue weighted by Gasteiger charge is -2.24. The summed E-state index contributed by atoms with van der Waals surface area (Å²) in [6.45, 7) is 7.98. The molecule has 0 aliphatic heterocycles. The van der Waals surface area contributed by atoms with E-state index in [0.29, 0.717) is 0 Å². The van der Waals surface area contributed by atoms with Crippen molar-refractivity contribution in [2.24, 2.45) is 5.41 Å². The van der Waals surface area contributed by atoms with Gasteiger partial charge in [-0.05, 0) is 19.3 Å². The molecule has 1 fully saturated rings. The minimum atomic E-state index is 0.246. The molecule has 15 heavy (non-hydrogen) atoms. The highest BCUT2D eigenvalue weighted by atomic mass is 16.5. The molecule has 0 spiro atoms. The molecular formula is C12H25NO2. The van der Waals surface area contributed by atoms with Crippen LogP contribution in [0.2, 0.25) is 0 Å². The summed E-state index contributed by atoms with van der Waals surface area (Å²) in [7, 11) is 1.73. The molecule has 0 atom stereocenters. The van der Waals surface area contributed by atoms with Crippen LogP contribution in [0.5, 0.6) is 0 Å². The molecule has 1 saturated carbocycles. The Morgan fingerprint density at radius 1 is 1.27 bits per heavy atom. The van der Waals surface area contributed by atoms with Crippen molar-refractivity contribution >= 4 is 0 Å². The summed E-state index contributed by atoms with van der Waals surface area (Å²) >= 11 is 0. The van der Waals surface area contributed by atoms with Gasteiger partial charge >= 0.3 is 0 Å². The summed E-state index contributed by atoms with van der Waals surface area (Å²) in [4.78, 5) is 0. The van der Waals surface area contributed by atoms with Crippen molar-refractivity contribution in [3.05, 3.63) is 0 Å². The van der Waals surface area contributed by atoms with Gasteiger partial charge in [-0.3, -0.25) is 0 Å². The van der Waals surface area contributed by atoms with Crippen LogP contribution in [0.3, 0.4) is 0 Å². The van der Waals surface area contributed by atoms with E-state index in [9.17, 15) is 0 Å². The highest BCUT2D eigenvalue weighted by molar-refractivity contribution is 4.83. The maximum atomic E-state index is 5.63. The van der Waals surface area contributed by atoms with E-state index in [1.165, 1.54) is 12.8 Å². The van der Waals surface area contributed by atoms with Gasteiger partial charge < -0.3 is 14.8 Å². The van der Waals surface area contributed by atoms with Gasteiger partial charge in [-0.1, -0.05) is 13.8 Å². The van der Waals surface area contributed by atoms with Gasteiger partial charge in [0.25, 0.3) is 0 Å². The van der Waals surface area contributed by atoms with Crippen LogP contribution in [0.4, 0.5) is 0 Å². The Hall–Kier alpha value is -0.120. The number of methoxy groups -OCH3 is 1. The van der Waals surface area contributed by atoms with Gasteiger partial charge in [-0.25, -0.2) is 0 Å². The average Bonchev–Trinajstić information content (AvgIpc) is 2.98. The first-order valence-corrected chi connectivity index (χ1v) is 5.94. The zero-order chi connectivity index (χ0) is 11.1. The predicted octanol–water partition coefficient (Wildman–Crippen LogP) is 1.82. The Kier molecular flexibility index (Phi) is 5.58. The number of nitrogens with one attached hydrogen (secondary N) is 1. The molecule has 3 nitrogen and oxygen atoms in total. The summed E-state index contributed by atoms with van der Waals surface area (Å²) in [5.74, 6) is 0. The third kappa shape index (κ3) is 6.88. The summed E-state index contributed by atoms with van der Waals surface area (Å²) in [5, 5.41) is 3.54. The summed E-state index contributed by atoms with van der Waals surface area (Å²) in [6, 6.07) is 0.790. The Labute approximate surface area is 93.5 Å². The third-order valence-corrected chi connectivity index (χ3v) is 2.58. The van der Waals surface area contributed by atoms with E-state index in [1.54, 1.807) is 7.11 Å². The second-order valence-electron chi connectivity index (χ2n) is 5.22. The zero-order valence-electron chi connectivity index (χ0n) is 10.3. The highest BCUT2D eigenvalue weighted by Crippen LogP contribution is 2.21. The van der Waals surface area contributed by atoms with Gasteiger partial charge in [0.05, 0.1) is 6.61 Å². The second kappa shape index (κ2) is 6.46. The fraction of sp³-hybridized carbons (Fsp3) is 1.00. The first-order chi connectivity index (χ1) is 7.14. The third-order valence-electron chi connectivity index (χ3n) is 2.58. The Balaban J connectivity index is 1.95. The first kappa shape index (κ1) is 12.9. The van der Waals surface area contributed by atoms with Crippen LogP contribution in [-0.2, 0) is 9.47 Å². The molecular weight excluding hydrogens is 190 g/mol. The standard InChI is InChI=1S/C12H25NO2/c1-12(2,9-13-11-5-6-11)10-15-8-4-7-14-3/h11,13H,4-10H2,1-3H3. The molecule has 3 heteroatoms. The fourth-order valence-electron chi connectivity index (χ4n) is 1.41. The van der Waals surface area contributed by atoms with E-state index in [0.717, 1.165) is 38.8 Å². The summed E-state index contributed by atoms with van der Waals surface area (Å²) in [5.41, 5.74) is 0.246.